The van der Waals surface area contributed by atoms with Crippen LogP contribution in [-0.4, -0.2) is 23.1 Å². The molecule has 1 aliphatic rings. The number of fused-ring (bicyclic) bond motifs is 1. The lowest BCUT2D eigenvalue weighted by molar-refractivity contribution is 0.0137. The highest BCUT2D eigenvalue weighted by Crippen LogP contribution is 2.26. The number of anilines is 1. The summed E-state index contributed by atoms with van der Waals surface area (Å²) in [6.07, 6.45) is 6.69. The van der Waals surface area contributed by atoms with Crippen LogP contribution < -0.4 is 5.32 Å². The van der Waals surface area contributed by atoms with Crippen LogP contribution in [0.15, 0.2) is 11.4 Å². The van der Waals surface area contributed by atoms with Gasteiger partial charge in [0.1, 0.15) is 17.3 Å². The average Bonchev–Trinajstić information content (AvgIpc) is 2.93. The van der Waals surface area contributed by atoms with Crippen LogP contribution in [0.2, 0.25) is 0 Å². The van der Waals surface area contributed by atoms with Gasteiger partial charge in [-0.25, -0.2) is 9.97 Å². The molecule has 19 heavy (non-hydrogen) atoms. The lowest BCUT2D eigenvalue weighted by Crippen LogP contribution is -2.17. The second-order valence-electron chi connectivity index (χ2n) is 4.95. The molecule has 2 heterocycles. The van der Waals surface area contributed by atoms with Gasteiger partial charge in [-0.1, -0.05) is 19.3 Å². The molecule has 3 rings (SSSR count). The molecule has 0 bridgehead atoms. The normalized spacial score (nSPS) is 16.9. The van der Waals surface area contributed by atoms with E-state index in [9.17, 15) is 0 Å². The van der Waals surface area contributed by atoms with E-state index >= 15 is 0 Å². The Morgan fingerprint density at radius 1 is 1.32 bits per heavy atom. The maximum Gasteiger partial charge on any atom is 0.158 e. The van der Waals surface area contributed by atoms with Crippen LogP contribution in [0.3, 0.4) is 0 Å². The maximum atomic E-state index is 5.95. The summed E-state index contributed by atoms with van der Waals surface area (Å²) in [5.41, 5.74) is 0. The van der Waals surface area contributed by atoms with Crippen molar-refractivity contribution >= 4 is 27.4 Å². The molecule has 5 heteroatoms. The van der Waals surface area contributed by atoms with E-state index in [2.05, 4.69) is 21.4 Å². The fourth-order valence-corrected chi connectivity index (χ4v) is 3.36. The van der Waals surface area contributed by atoms with Crippen molar-refractivity contribution in [2.45, 2.75) is 44.8 Å². The van der Waals surface area contributed by atoms with Gasteiger partial charge in [0.25, 0.3) is 0 Å². The maximum absolute atomic E-state index is 5.95. The van der Waals surface area contributed by atoms with Crippen LogP contribution in [0.5, 0.6) is 0 Å². The minimum Gasteiger partial charge on any atom is -0.372 e. The molecule has 1 fully saturated rings. The monoisotopic (exact) mass is 277 g/mol. The third kappa shape index (κ3) is 2.87. The topological polar surface area (TPSA) is 47.0 Å². The first-order chi connectivity index (χ1) is 9.36. The number of rotatable bonds is 4. The standard InChI is InChI=1S/C14H19N3OS/c1-15-13-11-7-8-19-14(11)17-12(16-13)9-18-10-5-3-2-4-6-10/h7-8,10H,2-6,9H2,1H3,(H,15,16,17). The average molecular weight is 277 g/mol. The van der Waals surface area contributed by atoms with Gasteiger partial charge >= 0.3 is 0 Å². The van der Waals surface area contributed by atoms with Crippen LogP contribution in [0.1, 0.15) is 37.9 Å². The Labute approximate surface area is 117 Å². The van der Waals surface area contributed by atoms with Gasteiger partial charge in [0.2, 0.25) is 0 Å². The van der Waals surface area contributed by atoms with Gasteiger partial charge < -0.3 is 10.1 Å². The van der Waals surface area contributed by atoms with Crippen molar-refractivity contribution in [3.8, 4) is 0 Å². The van der Waals surface area contributed by atoms with Gasteiger partial charge in [-0.2, -0.15) is 0 Å². The number of nitrogens with one attached hydrogen (secondary N) is 1. The summed E-state index contributed by atoms with van der Waals surface area (Å²) in [5, 5.41) is 6.27. The molecule has 0 radical (unpaired) electrons. The lowest BCUT2D eigenvalue weighted by Gasteiger charge is -2.21. The summed E-state index contributed by atoms with van der Waals surface area (Å²) in [7, 11) is 1.89. The van der Waals surface area contributed by atoms with Crippen LogP contribution in [-0.2, 0) is 11.3 Å². The quantitative estimate of drug-likeness (QED) is 0.928. The molecule has 1 saturated carbocycles. The Balaban J connectivity index is 1.73. The number of hydrogen-bond acceptors (Lipinski definition) is 5. The van der Waals surface area contributed by atoms with E-state index in [0.29, 0.717) is 12.7 Å². The molecule has 0 amide bonds. The van der Waals surface area contributed by atoms with Gasteiger partial charge in [-0.3, -0.25) is 0 Å². The second-order valence-corrected chi connectivity index (χ2v) is 5.84. The van der Waals surface area contributed by atoms with E-state index in [1.165, 1.54) is 32.1 Å². The molecule has 0 saturated heterocycles. The summed E-state index contributed by atoms with van der Waals surface area (Å²) in [5.74, 6) is 1.68. The minimum atomic E-state index is 0.398. The zero-order valence-corrected chi connectivity index (χ0v) is 12.0. The number of thiophene rings is 1. The largest absolute Gasteiger partial charge is 0.372 e. The molecule has 4 nitrogen and oxygen atoms in total. The predicted octanol–water partition coefficient (Wildman–Crippen LogP) is 3.58. The molecular formula is C14H19N3OS. The summed E-state index contributed by atoms with van der Waals surface area (Å²) in [4.78, 5) is 10.1. The Morgan fingerprint density at radius 3 is 2.95 bits per heavy atom. The highest BCUT2D eigenvalue weighted by molar-refractivity contribution is 7.16. The minimum absolute atomic E-state index is 0.398. The van der Waals surface area contributed by atoms with Crippen molar-refractivity contribution in [3.05, 3.63) is 17.3 Å². The van der Waals surface area contributed by atoms with Crippen molar-refractivity contribution in [2.75, 3.05) is 12.4 Å². The van der Waals surface area contributed by atoms with E-state index < -0.39 is 0 Å². The second kappa shape index (κ2) is 5.84. The zero-order chi connectivity index (χ0) is 13.1. The van der Waals surface area contributed by atoms with Crippen LogP contribution in [0.4, 0.5) is 5.82 Å². The first-order valence-electron chi connectivity index (χ1n) is 6.90. The first kappa shape index (κ1) is 12.8. The van der Waals surface area contributed by atoms with E-state index in [0.717, 1.165) is 21.9 Å². The van der Waals surface area contributed by atoms with Crippen LogP contribution >= 0.6 is 11.3 Å². The van der Waals surface area contributed by atoms with Gasteiger partial charge in [-0.15, -0.1) is 11.3 Å². The van der Waals surface area contributed by atoms with Gasteiger partial charge in [-0.05, 0) is 24.3 Å². The molecule has 102 valence electrons. The summed E-state index contributed by atoms with van der Waals surface area (Å²) >= 11 is 1.65. The van der Waals surface area contributed by atoms with Crippen LogP contribution in [0, 0.1) is 0 Å². The number of ether oxygens (including phenoxy) is 1. The first-order valence-corrected chi connectivity index (χ1v) is 7.78. The van der Waals surface area contributed by atoms with E-state index in [1.54, 1.807) is 11.3 Å². The molecule has 0 atom stereocenters. The molecular weight excluding hydrogens is 258 g/mol. The lowest BCUT2D eigenvalue weighted by atomic mass is 9.98. The number of nitrogens with zero attached hydrogens (tertiary/aromatic N) is 2. The third-order valence-corrected chi connectivity index (χ3v) is 4.42. The highest BCUT2D eigenvalue weighted by Gasteiger charge is 2.15. The van der Waals surface area contributed by atoms with E-state index in [-0.39, 0.29) is 0 Å². The van der Waals surface area contributed by atoms with Crippen molar-refractivity contribution < 1.29 is 4.74 Å². The Bertz CT molecular complexity index is 549. The Morgan fingerprint density at radius 2 is 2.16 bits per heavy atom. The predicted molar refractivity (Wildman–Crippen MR) is 78.6 cm³/mol. The van der Waals surface area contributed by atoms with Crippen molar-refractivity contribution in [1.29, 1.82) is 0 Å². The molecule has 2 aromatic heterocycles. The molecule has 0 spiro atoms. The Kier molecular flexibility index (Phi) is 3.94. The summed E-state index contributed by atoms with van der Waals surface area (Å²) < 4.78 is 5.95. The molecule has 0 unspecified atom stereocenters. The molecule has 1 N–H and O–H groups in total. The fraction of sp³-hybridized carbons (Fsp3) is 0.571. The molecule has 1 aliphatic carbocycles. The van der Waals surface area contributed by atoms with Crippen molar-refractivity contribution in [2.24, 2.45) is 0 Å². The molecule has 0 aliphatic heterocycles. The van der Waals surface area contributed by atoms with Gasteiger partial charge in [0.15, 0.2) is 5.82 Å². The smallest absolute Gasteiger partial charge is 0.158 e. The zero-order valence-electron chi connectivity index (χ0n) is 11.2. The summed E-state index contributed by atoms with van der Waals surface area (Å²) in [6, 6.07) is 2.05. The SMILES string of the molecule is CNc1nc(COC2CCCCC2)nc2sccc12. The van der Waals surface area contributed by atoms with Gasteiger partial charge in [0.05, 0.1) is 11.5 Å². The highest BCUT2D eigenvalue weighted by atomic mass is 32.1. The van der Waals surface area contributed by atoms with Crippen molar-refractivity contribution in [3.63, 3.8) is 0 Å². The molecule has 0 aromatic carbocycles. The fourth-order valence-electron chi connectivity index (χ4n) is 2.58. The summed E-state index contributed by atoms with van der Waals surface area (Å²) in [6.45, 7) is 0.521. The van der Waals surface area contributed by atoms with Crippen molar-refractivity contribution in [1.82, 2.24) is 9.97 Å². The van der Waals surface area contributed by atoms with Crippen LogP contribution in [0.25, 0.3) is 10.2 Å². The van der Waals surface area contributed by atoms with Gasteiger partial charge in [0, 0.05) is 7.05 Å². The number of aromatic nitrogens is 2. The number of hydrogen-bond donors (Lipinski definition) is 1. The van der Waals surface area contributed by atoms with E-state index in [4.69, 9.17) is 4.74 Å². The molecule has 2 aromatic rings. The Hall–Kier alpha value is -1.20. The third-order valence-electron chi connectivity index (χ3n) is 3.61. The van der Waals surface area contributed by atoms with E-state index in [1.807, 2.05) is 12.4 Å².